The summed E-state index contributed by atoms with van der Waals surface area (Å²) < 4.78 is 1.93. The number of carbonyl (C=O) groups is 1. The van der Waals surface area contributed by atoms with E-state index in [1.165, 1.54) is 27.8 Å². The number of carbonyl (C=O) groups excluding carboxylic acids is 1. The normalized spacial score (nSPS) is 19.4. The molecule has 144 valence electrons. The van der Waals surface area contributed by atoms with Crippen LogP contribution in [0.5, 0.6) is 0 Å². The van der Waals surface area contributed by atoms with Crippen LogP contribution in [0.25, 0.3) is 10.8 Å². The molecule has 1 aliphatic heterocycles. The van der Waals surface area contributed by atoms with Crippen LogP contribution in [0.4, 0.5) is 0 Å². The minimum Gasteiger partial charge on any atom is -0.298 e. The molecule has 4 heteroatoms. The third-order valence-electron chi connectivity index (χ3n) is 6.75. The maximum absolute atomic E-state index is 13.5. The molecule has 2 heterocycles. The lowest BCUT2D eigenvalue weighted by molar-refractivity contribution is 0.0813. The third-order valence-corrected chi connectivity index (χ3v) is 6.75. The molecule has 0 saturated carbocycles. The number of piperidine rings is 1. The van der Waals surface area contributed by atoms with Gasteiger partial charge in [0.05, 0.1) is 6.20 Å². The molecule has 0 amide bonds. The molecule has 2 aromatic carbocycles. The highest BCUT2D eigenvalue weighted by Gasteiger charge is 2.29. The molecular formula is C24H27N3O. The Morgan fingerprint density at radius 2 is 2.00 bits per heavy atom. The molecule has 3 aromatic rings. The minimum atomic E-state index is 0.0872. The number of ketones is 1. The standard InChI is InChI=1S/C24H27N3O/c1-16-20(13-25-26(16)2)15-27-12-4-6-19(14-27)24(28)22-11-10-18-9-8-17-5-3-7-21(22)23(17)18/h3,5,7,10-11,13,19H,4,6,8-9,12,14-15H2,1-2H3/t19-/m1/s1. The fourth-order valence-electron chi connectivity index (χ4n) is 5.04. The number of Topliss-reactive ketones (excluding diaryl/α,β-unsaturated/α-hetero) is 1. The SMILES string of the molecule is Cc1c(CN2CCC[C@@H](C(=O)c3ccc4c5c(cccc35)CC4)C2)cnn1C. The van der Waals surface area contributed by atoms with Crippen molar-refractivity contribution in [3.8, 4) is 0 Å². The number of likely N-dealkylation sites (tertiary alicyclic amines) is 1. The average molecular weight is 374 g/mol. The molecule has 4 nitrogen and oxygen atoms in total. The monoisotopic (exact) mass is 373 g/mol. The molecule has 5 rings (SSSR count). The number of rotatable bonds is 4. The van der Waals surface area contributed by atoms with Crippen LogP contribution in [0.1, 0.15) is 45.6 Å². The molecule has 0 N–H and O–H groups in total. The zero-order valence-electron chi connectivity index (χ0n) is 16.7. The molecule has 0 unspecified atom stereocenters. The Morgan fingerprint density at radius 3 is 2.79 bits per heavy atom. The van der Waals surface area contributed by atoms with Crippen molar-refractivity contribution in [2.45, 2.75) is 39.2 Å². The van der Waals surface area contributed by atoms with Crippen LogP contribution in [0, 0.1) is 12.8 Å². The second-order valence-electron chi connectivity index (χ2n) is 8.43. The third kappa shape index (κ3) is 2.87. The predicted molar refractivity (Wildman–Crippen MR) is 112 cm³/mol. The molecule has 0 bridgehead atoms. The van der Waals surface area contributed by atoms with Crippen LogP contribution in [0.3, 0.4) is 0 Å². The summed E-state index contributed by atoms with van der Waals surface area (Å²) in [6.07, 6.45) is 6.24. The van der Waals surface area contributed by atoms with E-state index in [4.69, 9.17) is 0 Å². The molecule has 1 aliphatic carbocycles. The van der Waals surface area contributed by atoms with Crippen LogP contribution in [0.2, 0.25) is 0 Å². The fourth-order valence-corrected chi connectivity index (χ4v) is 5.04. The highest BCUT2D eigenvalue weighted by atomic mass is 16.1. The summed E-state index contributed by atoms with van der Waals surface area (Å²) in [4.78, 5) is 15.9. The molecule has 1 fully saturated rings. The van der Waals surface area contributed by atoms with Crippen molar-refractivity contribution < 1.29 is 4.79 Å². The quantitative estimate of drug-likeness (QED) is 0.647. The van der Waals surface area contributed by atoms with Gasteiger partial charge in [0.1, 0.15) is 0 Å². The summed E-state index contributed by atoms with van der Waals surface area (Å²) >= 11 is 0. The van der Waals surface area contributed by atoms with E-state index in [9.17, 15) is 4.79 Å². The van der Waals surface area contributed by atoms with Gasteiger partial charge in [0.25, 0.3) is 0 Å². The van der Waals surface area contributed by atoms with Gasteiger partial charge < -0.3 is 0 Å². The van der Waals surface area contributed by atoms with E-state index < -0.39 is 0 Å². The number of aromatic nitrogens is 2. The largest absolute Gasteiger partial charge is 0.298 e. The maximum Gasteiger partial charge on any atom is 0.167 e. The Bertz CT molecular complexity index is 1050. The number of benzene rings is 2. The van der Waals surface area contributed by atoms with Gasteiger partial charge in [-0.2, -0.15) is 5.10 Å². The number of aryl methyl sites for hydroxylation is 3. The first kappa shape index (κ1) is 17.6. The van der Waals surface area contributed by atoms with Gasteiger partial charge in [-0.25, -0.2) is 0 Å². The van der Waals surface area contributed by atoms with E-state index in [-0.39, 0.29) is 5.92 Å². The van der Waals surface area contributed by atoms with Crippen molar-refractivity contribution >= 4 is 16.6 Å². The molecule has 2 aliphatic rings. The minimum absolute atomic E-state index is 0.0872. The van der Waals surface area contributed by atoms with Crippen LogP contribution in [-0.2, 0) is 26.4 Å². The van der Waals surface area contributed by atoms with Crippen molar-refractivity contribution in [1.29, 1.82) is 0 Å². The van der Waals surface area contributed by atoms with E-state index in [0.29, 0.717) is 5.78 Å². The fraction of sp³-hybridized carbons (Fsp3) is 0.417. The summed E-state index contributed by atoms with van der Waals surface area (Å²) in [7, 11) is 1.98. The maximum atomic E-state index is 13.5. The lowest BCUT2D eigenvalue weighted by Gasteiger charge is -2.32. The average Bonchev–Trinajstić information content (AvgIpc) is 3.28. The van der Waals surface area contributed by atoms with Gasteiger partial charge in [-0.15, -0.1) is 0 Å². The van der Waals surface area contributed by atoms with Gasteiger partial charge in [-0.3, -0.25) is 14.4 Å². The van der Waals surface area contributed by atoms with Crippen molar-refractivity contribution in [3.63, 3.8) is 0 Å². The van der Waals surface area contributed by atoms with Gasteiger partial charge in [0.2, 0.25) is 0 Å². The van der Waals surface area contributed by atoms with E-state index in [1.54, 1.807) is 0 Å². The highest BCUT2D eigenvalue weighted by Crippen LogP contribution is 2.34. The molecule has 1 atom stereocenters. The molecule has 0 spiro atoms. The summed E-state index contributed by atoms with van der Waals surface area (Å²) in [6.45, 7) is 4.90. The van der Waals surface area contributed by atoms with Crippen molar-refractivity contribution in [2.75, 3.05) is 13.1 Å². The van der Waals surface area contributed by atoms with Crippen molar-refractivity contribution in [3.05, 3.63) is 64.5 Å². The first-order valence-electron chi connectivity index (χ1n) is 10.4. The lowest BCUT2D eigenvalue weighted by atomic mass is 9.87. The highest BCUT2D eigenvalue weighted by molar-refractivity contribution is 6.11. The van der Waals surface area contributed by atoms with Crippen LogP contribution in [-0.4, -0.2) is 33.6 Å². The summed E-state index contributed by atoms with van der Waals surface area (Å²) in [5.74, 6) is 0.410. The van der Waals surface area contributed by atoms with Crippen LogP contribution < -0.4 is 0 Å². The summed E-state index contributed by atoms with van der Waals surface area (Å²) in [6, 6.07) is 10.7. The van der Waals surface area contributed by atoms with E-state index in [2.05, 4.69) is 47.3 Å². The van der Waals surface area contributed by atoms with Gasteiger partial charge in [-0.05, 0) is 61.1 Å². The number of hydrogen-bond acceptors (Lipinski definition) is 3. The smallest absolute Gasteiger partial charge is 0.167 e. The topological polar surface area (TPSA) is 38.1 Å². The molecule has 0 radical (unpaired) electrons. The van der Waals surface area contributed by atoms with Gasteiger partial charge in [-0.1, -0.05) is 30.3 Å². The first-order chi connectivity index (χ1) is 13.6. The van der Waals surface area contributed by atoms with E-state index in [1.807, 2.05) is 17.9 Å². The molecule has 28 heavy (non-hydrogen) atoms. The van der Waals surface area contributed by atoms with Crippen molar-refractivity contribution in [2.24, 2.45) is 13.0 Å². The Balaban J connectivity index is 1.40. The molecule has 1 saturated heterocycles. The van der Waals surface area contributed by atoms with Crippen LogP contribution >= 0.6 is 0 Å². The van der Waals surface area contributed by atoms with E-state index in [0.717, 1.165) is 56.3 Å². The number of nitrogens with zero attached hydrogens (tertiary/aromatic N) is 3. The Hall–Kier alpha value is -2.46. The van der Waals surface area contributed by atoms with Gasteiger partial charge >= 0.3 is 0 Å². The number of hydrogen-bond donors (Lipinski definition) is 0. The van der Waals surface area contributed by atoms with E-state index >= 15 is 0 Å². The Labute approximate surface area is 166 Å². The Morgan fingerprint density at radius 1 is 1.18 bits per heavy atom. The lowest BCUT2D eigenvalue weighted by Crippen LogP contribution is -2.38. The van der Waals surface area contributed by atoms with Crippen molar-refractivity contribution in [1.82, 2.24) is 14.7 Å². The Kier molecular flexibility index (Phi) is 4.31. The van der Waals surface area contributed by atoms with Crippen LogP contribution in [0.15, 0.2) is 36.5 Å². The van der Waals surface area contributed by atoms with Gasteiger partial charge in [0, 0.05) is 42.9 Å². The summed E-state index contributed by atoms with van der Waals surface area (Å²) in [5.41, 5.74) is 6.20. The second-order valence-corrected chi connectivity index (χ2v) is 8.43. The summed E-state index contributed by atoms with van der Waals surface area (Å²) in [5, 5.41) is 6.87. The zero-order chi connectivity index (χ0) is 19.3. The first-order valence-corrected chi connectivity index (χ1v) is 10.4. The second kappa shape index (κ2) is 6.85. The molecular weight excluding hydrogens is 346 g/mol. The molecule has 1 aromatic heterocycles. The zero-order valence-corrected chi connectivity index (χ0v) is 16.7. The van der Waals surface area contributed by atoms with Gasteiger partial charge in [0.15, 0.2) is 5.78 Å². The predicted octanol–water partition coefficient (Wildman–Crippen LogP) is 4.08.